The maximum Gasteiger partial charge on any atom is 0.140 e. The lowest BCUT2D eigenvalue weighted by molar-refractivity contribution is -0.120. The van der Waals surface area contributed by atoms with Gasteiger partial charge in [0.15, 0.2) is 0 Å². The van der Waals surface area contributed by atoms with E-state index in [2.05, 4.69) is 15.9 Å². The number of Topliss-reactive ketones (excluding diaryl/α,β-unsaturated/α-hetero) is 1. The highest BCUT2D eigenvalue weighted by molar-refractivity contribution is 9.10. The average molecular weight is 297 g/mol. The minimum absolute atomic E-state index is 0.274. The van der Waals surface area contributed by atoms with Crippen LogP contribution in [0.25, 0.3) is 0 Å². The van der Waals surface area contributed by atoms with E-state index in [1.54, 1.807) is 12.1 Å². The predicted octanol–water partition coefficient (Wildman–Crippen LogP) is 3.75. The molecule has 0 heterocycles. The third kappa shape index (κ3) is 2.05. The molecule has 2 aliphatic rings. The maximum atomic E-state index is 13.1. The molecular formula is C14H14BrFO. The molecule has 1 nitrogen and oxygen atoms in total. The van der Waals surface area contributed by atoms with Gasteiger partial charge in [0.25, 0.3) is 0 Å². The van der Waals surface area contributed by atoms with Crippen molar-refractivity contribution in [1.29, 1.82) is 0 Å². The third-order valence-corrected chi connectivity index (χ3v) is 4.75. The quantitative estimate of drug-likeness (QED) is 0.830. The molecule has 3 rings (SSSR count). The van der Waals surface area contributed by atoms with Crippen LogP contribution in [-0.2, 0) is 11.2 Å². The Morgan fingerprint density at radius 2 is 2.06 bits per heavy atom. The summed E-state index contributed by atoms with van der Waals surface area (Å²) in [4.78, 5) is 12.1. The molecule has 0 bridgehead atoms. The summed E-state index contributed by atoms with van der Waals surface area (Å²) in [5.41, 5.74) is 0.910. The molecule has 90 valence electrons. The number of fused-ring (bicyclic) bond motifs is 1. The van der Waals surface area contributed by atoms with E-state index in [9.17, 15) is 9.18 Å². The highest BCUT2D eigenvalue weighted by Crippen LogP contribution is 2.58. The van der Waals surface area contributed by atoms with Crippen LogP contribution in [0.3, 0.4) is 0 Å². The zero-order chi connectivity index (χ0) is 12.0. The van der Waals surface area contributed by atoms with Gasteiger partial charge in [-0.25, -0.2) is 4.39 Å². The number of carbonyl (C=O) groups excluding carboxylic acids is 1. The largest absolute Gasteiger partial charge is 0.299 e. The van der Waals surface area contributed by atoms with E-state index in [1.165, 1.54) is 25.3 Å². The molecule has 17 heavy (non-hydrogen) atoms. The van der Waals surface area contributed by atoms with E-state index < -0.39 is 0 Å². The Hall–Kier alpha value is -0.700. The summed E-state index contributed by atoms with van der Waals surface area (Å²) in [6.07, 6.45) is 4.21. The Morgan fingerprint density at radius 3 is 2.71 bits per heavy atom. The minimum Gasteiger partial charge on any atom is -0.299 e. The van der Waals surface area contributed by atoms with E-state index in [0.29, 0.717) is 34.4 Å². The van der Waals surface area contributed by atoms with Crippen molar-refractivity contribution in [1.82, 2.24) is 0 Å². The van der Waals surface area contributed by atoms with Crippen LogP contribution in [-0.4, -0.2) is 5.78 Å². The van der Waals surface area contributed by atoms with Crippen LogP contribution < -0.4 is 0 Å². The van der Waals surface area contributed by atoms with Crippen LogP contribution >= 0.6 is 15.9 Å². The first-order valence-electron chi connectivity index (χ1n) is 6.13. The lowest BCUT2D eigenvalue weighted by Gasteiger charge is -2.04. The van der Waals surface area contributed by atoms with Crippen molar-refractivity contribution in [2.75, 3.05) is 0 Å². The van der Waals surface area contributed by atoms with Gasteiger partial charge in [0.1, 0.15) is 11.6 Å². The van der Waals surface area contributed by atoms with E-state index in [4.69, 9.17) is 0 Å². The topological polar surface area (TPSA) is 17.1 Å². The highest BCUT2D eigenvalue weighted by Gasteiger charge is 2.55. The molecule has 0 amide bonds. The molecule has 2 atom stereocenters. The van der Waals surface area contributed by atoms with E-state index >= 15 is 0 Å². The molecule has 2 fully saturated rings. The van der Waals surface area contributed by atoms with Crippen molar-refractivity contribution in [3.8, 4) is 0 Å². The van der Waals surface area contributed by atoms with Crippen molar-refractivity contribution >= 4 is 21.7 Å². The van der Waals surface area contributed by atoms with Gasteiger partial charge in [-0.15, -0.1) is 0 Å². The van der Waals surface area contributed by atoms with Crippen molar-refractivity contribution in [2.45, 2.75) is 25.7 Å². The number of carbonyl (C=O) groups is 1. The molecule has 2 saturated carbocycles. The van der Waals surface area contributed by atoms with Gasteiger partial charge < -0.3 is 0 Å². The van der Waals surface area contributed by atoms with Crippen LogP contribution in [0, 0.1) is 23.6 Å². The molecule has 0 aromatic heterocycles. The summed E-state index contributed by atoms with van der Waals surface area (Å²) in [6, 6.07) is 4.84. The van der Waals surface area contributed by atoms with Gasteiger partial charge in [0.2, 0.25) is 0 Å². The predicted molar refractivity (Wildman–Crippen MR) is 67.1 cm³/mol. The summed E-state index contributed by atoms with van der Waals surface area (Å²) in [6.45, 7) is 0. The second kappa shape index (κ2) is 4.20. The second-order valence-electron chi connectivity index (χ2n) is 5.18. The molecule has 2 unspecified atom stereocenters. The molecule has 0 saturated heterocycles. The lowest BCUT2D eigenvalue weighted by atomic mass is 10.0. The molecule has 0 spiro atoms. The number of hydrogen-bond donors (Lipinski definition) is 0. The van der Waals surface area contributed by atoms with Gasteiger partial charge >= 0.3 is 0 Å². The second-order valence-corrected chi connectivity index (χ2v) is 6.03. The van der Waals surface area contributed by atoms with Gasteiger partial charge in [0, 0.05) is 12.3 Å². The Kier molecular flexibility index (Phi) is 2.81. The zero-order valence-corrected chi connectivity index (χ0v) is 11.0. The van der Waals surface area contributed by atoms with Crippen LogP contribution in [0.1, 0.15) is 24.8 Å². The molecule has 2 aliphatic carbocycles. The number of benzene rings is 1. The number of hydrogen-bond acceptors (Lipinski definition) is 1. The number of rotatable bonds is 3. The van der Waals surface area contributed by atoms with Crippen LogP contribution in [0.2, 0.25) is 0 Å². The fourth-order valence-corrected chi connectivity index (χ4v) is 3.69. The summed E-state index contributed by atoms with van der Waals surface area (Å²) in [5.74, 6) is 1.73. The summed E-state index contributed by atoms with van der Waals surface area (Å²) in [7, 11) is 0. The van der Waals surface area contributed by atoms with Gasteiger partial charge in [0.05, 0.1) is 4.47 Å². The highest BCUT2D eigenvalue weighted by atomic mass is 79.9. The minimum atomic E-state index is -0.274. The zero-order valence-electron chi connectivity index (χ0n) is 9.46. The smallest absolute Gasteiger partial charge is 0.140 e. The fourth-order valence-electron chi connectivity index (χ4n) is 3.27. The Morgan fingerprint density at radius 1 is 1.35 bits per heavy atom. The van der Waals surface area contributed by atoms with Gasteiger partial charge in [-0.2, -0.15) is 0 Å². The molecule has 0 radical (unpaired) electrons. The first-order valence-corrected chi connectivity index (χ1v) is 6.93. The summed E-state index contributed by atoms with van der Waals surface area (Å²) >= 11 is 3.15. The van der Waals surface area contributed by atoms with E-state index in [-0.39, 0.29) is 5.82 Å². The van der Waals surface area contributed by atoms with Crippen LogP contribution in [0.15, 0.2) is 22.7 Å². The molecular weight excluding hydrogens is 283 g/mol. The Labute approximate surface area is 109 Å². The first-order chi connectivity index (χ1) is 8.16. The van der Waals surface area contributed by atoms with Gasteiger partial charge in [-0.1, -0.05) is 12.5 Å². The van der Waals surface area contributed by atoms with Crippen molar-refractivity contribution < 1.29 is 9.18 Å². The standard InChI is InChI=1S/C14H14BrFO/c15-11-6-8(4-5-12(11)16)7-13(17)14-9-2-1-3-10(9)14/h4-6,9-10,14H,1-3,7H2. The van der Waals surface area contributed by atoms with Crippen LogP contribution in [0.5, 0.6) is 0 Å². The van der Waals surface area contributed by atoms with Crippen molar-refractivity contribution in [3.05, 3.63) is 34.1 Å². The Bertz CT molecular complexity index is 461. The maximum absolute atomic E-state index is 13.1. The Balaban J connectivity index is 1.67. The van der Waals surface area contributed by atoms with Crippen molar-refractivity contribution in [3.63, 3.8) is 0 Å². The SMILES string of the molecule is O=C(Cc1ccc(F)c(Br)c1)C1C2CCCC21. The average Bonchev–Trinajstić information content (AvgIpc) is 2.78. The van der Waals surface area contributed by atoms with Gasteiger partial charge in [-0.05, 0) is 58.3 Å². The van der Waals surface area contributed by atoms with Crippen LogP contribution in [0.4, 0.5) is 4.39 Å². The molecule has 0 aliphatic heterocycles. The normalized spacial score (nSPS) is 30.1. The summed E-state index contributed by atoms with van der Waals surface area (Å²) in [5, 5.41) is 0. The molecule has 3 heteroatoms. The first kappa shape index (κ1) is 11.4. The number of ketones is 1. The lowest BCUT2D eigenvalue weighted by Crippen LogP contribution is -2.09. The molecule has 0 N–H and O–H groups in total. The molecule has 1 aromatic carbocycles. The van der Waals surface area contributed by atoms with Crippen molar-refractivity contribution in [2.24, 2.45) is 17.8 Å². The fraction of sp³-hybridized carbons (Fsp3) is 0.500. The van der Waals surface area contributed by atoms with Gasteiger partial charge in [-0.3, -0.25) is 4.79 Å². The summed E-state index contributed by atoms with van der Waals surface area (Å²) < 4.78 is 13.5. The number of halogens is 2. The molecule has 1 aromatic rings. The van der Waals surface area contributed by atoms with E-state index in [0.717, 1.165) is 5.56 Å². The van der Waals surface area contributed by atoms with E-state index in [1.807, 2.05) is 0 Å². The monoisotopic (exact) mass is 296 g/mol. The third-order valence-electron chi connectivity index (χ3n) is 4.14.